The lowest BCUT2D eigenvalue weighted by molar-refractivity contribution is 0.0923. The molecule has 5 nitrogen and oxygen atoms in total. The zero-order valence-corrected chi connectivity index (χ0v) is 15.4. The molecule has 0 fully saturated rings. The fourth-order valence-corrected chi connectivity index (χ4v) is 3.31. The van der Waals surface area contributed by atoms with Gasteiger partial charge in [0.25, 0.3) is 17.7 Å². The number of hydrogen-bond donors (Lipinski definition) is 1. The number of imide groups is 1. The maximum atomic E-state index is 12.5. The minimum absolute atomic E-state index is 0.270. The van der Waals surface area contributed by atoms with E-state index in [9.17, 15) is 14.4 Å². The molecule has 6 heteroatoms. The van der Waals surface area contributed by atoms with Crippen LogP contribution < -0.4 is 10.2 Å². The van der Waals surface area contributed by atoms with Crippen molar-refractivity contribution >= 4 is 35.0 Å². The third-order valence-corrected chi connectivity index (χ3v) is 4.95. The zero-order valence-electron chi connectivity index (χ0n) is 14.7. The van der Waals surface area contributed by atoms with Crippen LogP contribution in [0.15, 0.2) is 72.8 Å². The Balaban J connectivity index is 1.49. The van der Waals surface area contributed by atoms with E-state index in [0.29, 0.717) is 33.9 Å². The number of carbonyl (C=O) groups is 3. The summed E-state index contributed by atoms with van der Waals surface area (Å²) < 4.78 is 0. The Bertz CT molecular complexity index is 1060. The average molecular weight is 391 g/mol. The molecule has 1 aliphatic heterocycles. The number of fused-ring (bicyclic) bond motifs is 1. The highest BCUT2D eigenvalue weighted by Gasteiger charge is 2.36. The first kappa shape index (κ1) is 17.9. The summed E-state index contributed by atoms with van der Waals surface area (Å²) in [5.74, 6) is -0.998. The second kappa shape index (κ2) is 7.29. The van der Waals surface area contributed by atoms with Crippen molar-refractivity contribution in [1.82, 2.24) is 5.32 Å². The summed E-state index contributed by atoms with van der Waals surface area (Å²) in [4.78, 5) is 38.6. The number of anilines is 1. The van der Waals surface area contributed by atoms with E-state index in [4.69, 9.17) is 11.6 Å². The van der Waals surface area contributed by atoms with E-state index in [0.717, 1.165) is 10.5 Å². The van der Waals surface area contributed by atoms with E-state index in [1.807, 2.05) is 18.2 Å². The van der Waals surface area contributed by atoms with E-state index >= 15 is 0 Å². The molecule has 1 N–H and O–H groups in total. The minimum atomic E-state index is -0.364. The molecule has 3 amide bonds. The highest BCUT2D eigenvalue weighted by Crippen LogP contribution is 2.28. The van der Waals surface area contributed by atoms with Gasteiger partial charge in [-0.15, -0.1) is 0 Å². The van der Waals surface area contributed by atoms with Crippen LogP contribution in [0.5, 0.6) is 0 Å². The van der Waals surface area contributed by atoms with Gasteiger partial charge >= 0.3 is 0 Å². The van der Waals surface area contributed by atoms with Crippen LogP contribution in [0.2, 0.25) is 5.02 Å². The van der Waals surface area contributed by atoms with Crippen LogP contribution in [0.4, 0.5) is 5.69 Å². The lowest BCUT2D eigenvalue weighted by Gasteiger charge is -2.14. The number of rotatable bonds is 4. The summed E-state index contributed by atoms with van der Waals surface area (Å²) in [5.41, 5.74) is 2.43. The molecular formula is C22H15ClN2O3. The number of benzene rings is 3. The summed E-state index contributed by atoms with van der Waals surface area (Å²) in [6.45, 7) is 0.304. The van der Waals surface area contributed by atoms with Crippen molar-refractivity contribution in [1.29, 1.82) is 0 Å². The average Bonchev–Trinajstić information content (AvgIpc) is 2.98. The molecule has 4 rings (SSSR count). The lowest BCUT2D eigenvalue weighted by atomic mass is 10.1. The lowest BCUT2D eigenvalue weighted by Crippen LogP contribution is -2.29. The summed E-state index contributed by atoms with van der Waals surface area (Å²) in [6.07, 6.45) is 0. The molecule has 0 radical (unpaired) electrons. The smallest absolute Gasteiger partial charge is 0.266 e. The molecular weight excluding hydrogens is 376 g/mol. The second-order valence-corrected chi connectivity index (χ2v) is 6.72. The van der Waals surface area contributed by atoms with Gasteiger partial charge in [-0.3, -0.25) is 14.4 Å². The molecule has 0 saturated heterocycles. The predicted octanol–water partition coefficient (Wildman–Crippen LogP) is 4.07. The first-order valence-electron chi connectivity index (χ1n) is 8.66. The maximum Gasteiger partial charge on any atom is 0.266 e. The number of amides is 3. The van der Waals surface area contributed by atoms with Crippen molar-refractivity contribution in [2.45, 2.75) is 6.54 Å². The number of nitrogens with one attached hydrogen (secondary N) is 1. The van der Waals surface area contributed by atoms with Gasteiger partial charge in [0.2, 0.25) is 0 Å². The largest absolute Gasteiger partial charge is 0.348 e. The Hall–Kier alpha value is -3.44. The van der Waals surface area contributed by atoms with Crippen molar-refractivity contribution in [3.8, 4) is 0 Å². The normalized spacial score (nSPS) is 12.8. The van der Waals surface area contributed by atoms with Crippen LogP contribution in [0, 0.1) is 0 Å². The molecule has 3 aromatic carbocycles. The molecule has 0 atom stereocenters. The monoisotopic (exact) mass is 390 g/mol. The second-order valence-electron chi connectivity index (χ2n) is 6.31. The van der Waals surface area contributed by atoms with Crippen LogP contribution >= 0.6 is 11.6 Å². The summed E-state index contributed by atoms with van der Waals surface area (Å²) in [7, 11) is 0. The van der Waals surface area contributed by atoms with Gasteiger partial charge in [-0.05, 0) is 48.0 Å². The Morgan fingerprint density at radius 1 is 0.821 bits per heavy atom. The Kier molecular flexibility index (Phi) is 4.67. The predicted molar refractivity (Wildman–Crippen MR) is 107 cm³/mol. The number of carbonyl (C=O) groups excluding carboxylic acids is 3. The number of halogens is 1. The molecule has 0 spiro atoms. The van der Waals surface area contributed by atoms with Gasteiger partial charge in [-0.1, -0.05) is 41.9 Å². The summed E-state index contributed by atoms with van der Waals surface area (Å²) in [6, 6.07) is 20.3. The van der Waals surface area contributed by atoms with Gasteiger partial charge in [0.1, 0.15) is 0 Å². The van der Waals surface area contributed by atoms with Crippen molar-refractivity contribution in [3.63, 3.8) is 0 Å². The van der Waals surface area contributed by atoms with Crippen LogP contribution in [-0.2, 0) is 6.54 Å². The van der Waals surface area contributed by atoms with Gasteiger partial charge in [-0.2, -0.15) is 0 Å². The van der Waals surface area contributed by atoms with Crippen molar-refractivity contribution in [2.75, 3.05) is 4.90 Å². The first-order chi connectivity index (χ1) is 13.6. The molecule has 1 aliphatic rings. The summed E-state index contributed by atoms with van der Waals surface area (Å²) in [5, 5.41) is 3.39. The zero-order chi connectivity index (χ0) is 19.7. The Morgan fingerprint density at radius 3 is 2.00 bits per heavy atom. The highest BCUT2D eigenvalue weighted by atomic mass is 35.5. The Labute approximate surface area is 166 Å². The topological polar surface area (TPSA) is 66.5 Å². The van der Waals surface area contributed by atoms with Gasteiger partial charge in [0.15, 0.2) is 0 Å². The molecule has 0 unspecified atom stereocenters. The standard InChI is InChI=1S/C22H15ClN2O3/c23-19-8-4-1-5-15(19)13-24-20(26)14-9-11-16(12-10-14)25-21(27)17-6-2-3-7-18(17)22(25)28/h1-12H,13H2,(H,24,26). The van der Waals surface area contributed by atoms with Crippen LogP contribution in [-0.4, -0.2) is 17.7 Å². The van der Waals surface area contributed by atoms with Gasteiger partial charge in [0.05, 0.1) is 16.8 Å². The van der Waals surface area contributed by atoms with Crippen LogP contribution in [0.3, 0.4) is 0 Å². The van der Waals surface area contributed by atoms with E-state index < -0.39 is 0 Å². The van der Waals surface area contributed by atoms with E-state index in [1.54, 1.807) is 54.6 Å². The molecule has 0 aliphatic carbocycles. The van der Waals surface area contributed by atoms with E-state index in [-0.39, 0.29) is 17.7 Å². The van der Waals surface area contributed by atoms with Crippen molar-refractivity contribution in [3.05, 3.63) is 100 Å². The van der Waals surface area contributed by atoms with Crippen LogP contribution in [0.25, 0.3) is 0 Å². The third kappa shape index (κ3) is 3.17. The molecule has 138 valence electrons. The molecule has 0 saturated carbocycles. The molecule has 3 aromatic rings. The molecule has 28 heavy (non-hydrogen) atoms. The third-order valence-electron chi connectivity index (χ3n) is 4.58. The number of nitrogens with zero attached hydrogens (tertiary/aromatic N) is 1. The maximum absolute atomic E-state index is 12.5. The fourth-order valence-electron chi connectivity index (χ4n) is 3.10. The van der Waals surface area contributed by atoms with Crippen molar-refractivity contribution < 1.29 is 14.4 Å². The quantitative estimate of drug-likeness (QED) is 0.683. The fraction of sp³-hybridized carbons (Fsp3) is 0.0455. The van der Waals surface area contributed by atoms with Gasteiger partial charge in [-0.25, -0.2) is 4.90 Å². The Morgan fingerprint density at radius 2 is 1.39 bits per heavy atom. The molecule has 0 bridgehead atoms. The number of hydrogen-bond acceptors (Lipinski definition) is 3. The van der Waals surface area contributed by atoms with E-state index in [2.05, 4.69) is 5.32 Å². The molecule has 1 heterocycles. The van der Waals surface area contributed by atoms with Crippen molar-refractivity contribution in [2.24, 2.45) is 0 Å². The van der Waals surface area contributed by atoms with Crippen LogP contribution in [0.1, 0.15) is 36.6 Å². The summed E-state index contributed by atoms with van der Waals surface area (Å²) >= 11 is 6.09. The van der Waals surface area contributed by atoms with E-state index in [1.165, 1.54) is 0 Å². The van der Waals surface area contributed by atoms with Gasteiger partial charge in [0, 0.05) is 17.1 Å². The minimum Gasteiger partial charge on any atom is -0.348 e. The molecule has 0 aromatic heterocycles. The SMILES string of the molecule is O=C(NCc1ccccc1Cl)c1ccc(N2C(=O)c3ccccc3C2=O)cc1. The van der Waals surface area contributed by atoms with Gasteiger partial charge < -0.3 is 5.32 Å². The first-order valence-corrected chi connectivity index (χ1v) is 9.03. The highest BCUT2D eigenvalue weighted by molar-refractivity contribution is 6.34.